The van der Waals surface area contributed by atoms with Crippen molar-refractivity contribution < 1.29 is 30.0 Å². The molecule has 1 fully saturated rings. The number of amides is 1. The van der Waals surface area contributed by atoms with Crippen molar-refractivity contribution in [2.75, 3.05) is 0 Å². The second-order valence-electron chi connectivity index (χ2n) is 8.66. The average molecular weight is 472 g/mol. The molecule has 0 spiro atoms. The number of rotatable bonds is 0. The molecule has 0 aliphatic carbocycles. The van der Waals surface area contributed by atoms with E-state index in [0.717, 1.165) is 5.57 Å². The molecule has 0 radical (unpaired) electrons. The maximum Gasteiger partial charge on any atom is 0.244 e. The van der Waals surface area contributed by atoms with Crippen LogP contribution in [0.5, 0.6) is 0 Å². The third-order valence-electron chi connectivity index (χ3n) is 5.48. The smallest absolute Gasteiger partial charge is 0.244 e. The number of nitrogens with one attached hydrogen (secondary N) is 1. The lowest BCUT2D eigenvalue weighted by Crippen LogP contribution is -2.51. The number of carbonyl (C=O) groups is 1. The number of aliphatic hydroxyl groups excluding tert-OH is 4. The van der Waals surface area contributed by atoms with Gasteiger partial charge in [0.15, 0.2) is 0 Å². The topological polar surface area (TPSA) is 119 Å². The van der Waals surface area contributed by atoms with Crippen molar-refractivity contribution in [2.45, 2.75) is 75.8 Å². The van der Waals surface area contributed by atoms with Crippen molar-refractivity contribution in [3.05, 3.63) is 84.6 Å². The van der Waals surface area contributed by atoms with E-state index in [4.69, 9.17) is 4.74 Å². The number of ether oxygens (including phenoxy) is 1. The van der Waals surface area contributed by atoms with Crippen LogP contribution in [-0.4, -0.2) is 69.0 Å². The molecule has 0 aromatic heterocycles. The van der Waals surface area contributed by atoms with Gasteiger partial charge in [-0.25, -0.2) is 0 Å². The summed E-state index contributed by atoms with van der Waals surface area (Å²) in [5, 5.41) is 44.0. The van der Waals surface area contributed by atoms with Crippen molar-refractivity contribution in [3.63, 3.8) is 0 Å². The Labute approximate surface area is 201 Å². The Morgan fingerprint density at radius 3 is 2.38 bits per heavy atom. The lowest BCUT2D eigenvalue weighted by atomic mass is 9.93. The summed E-state index contributed by atoms with van der Waals surface area (Å²) in [5.41, 5.74) is 0.942. The first kappa shape index (κ1) is 27.7. The van der Waals surface area contributed by atoms with E-state index in [2.05, 4.69) is 5.32 Å². The van der Waals surface area contributed by atoms with Crippen LogP contribution in [0, 0.1) is 0 Å². The lowest BCUT2D eigenvalue weighted by molar-refractivity contribution is -0.183. The van der Waals surface area contributed by atoms with Crippen LogP contribution in [0.4, 0.5) is 0 Å². The van der Waals surface area contributed by atoms with Gasteiger partial charge >= 0.3 is 0 Å². The Morgan fingerprint density at radius 1 is 0.853 bits per heavy atom. The number of hydrogen-bond donors (Lipinski definition) is 5. The van der Waals surface area contributed by atoms with Gasteiger partial charge in [0.2, 0.25) is 5.91 Å². The molecule has 0 aromatic carbocycles. The number of carbonyl (C=O) groups excluding carboxylic acids is 1. The summed E-state index contributed by atoms with van der Waals surface area (Å²) >= 11 is 0. The summed E-state index contributed by atoms with van der Waals surface area (Å²) in [6, 6.07) is -0.198. The van der Waals surface area contributed by atoms with Gasteiger partial charge in [-0.2, -0.15) is 0 Å². The molecule has 0 aromatic rings. The number of hydrogen-bond acceptors (Lipinski definition) is 6. The van der Waals surface area contributed by atoms with Gasteiger partial charge in [-0.15, -0.1) is 0 Å². The van der Waals surface area contributed by atoms with Crippen molar-refractivity contribution in [2.24, 2.45) is 0 Å². The van der Waals surface area contributed by atoms with Gasteiger partial charge in [-0.05, 0) is 26.7 Å². The van der Waals surface area contributed by atoms with E-state index in [1.54, 1.807) is 54.7 Å². The second kappa shape index (κ2) is 14.7. The Bertz CT molecular complexity index is 853. The fourth-order valence-electron chi connectivity index (χ4n) is 3.66. The molecule has 2 heterocycles. The SMILES string of the molecule is CC1=CC=CC2OC(C(O)CC=CC=CC=CC(=O)NC(C)CC(O)C=CC=C1)C(O)CC2O. The van der Waals surface area contributed by atoms with Crippen LogP contribution < -0.4 is 5.32 Å². The number of fused-ring (bicyclic) bond motifs is 2. The zero-order valence-electron chi connectivity index (χ0n) is 19.8. The molecule has 186 valence electrons. The maximum atomic E-state index is 12.0. The molecule has 2 aliphatic rings. The molecule has 34 heavy (non-hydrogen) atoms. The van der Waals surface area contributed by atoms with Gasteiger partial charge in [0.05, 0.1) is 24.4 Å². The van der Waals surface area contributed by atoms with Crippen molar-refractivity contribution >= 4 is 5.91 Å². The summed E-state index contributed by atoms with van der Waals surface area (Å²) < 4.78 is 5.80. The first-order valence-electron chi connectivity index (χ1n) is 11.6. The highest BCUT2D eigenvalue weighted by Crippen LogP contribution is 2.25. The van der Waals surface area contributed by atoms with Gasteiger partial charge in [0.1, 0.15) is 12.2 Å². The summed E-state index contributed by atoms with van der Waals surface area (Å²) in [7, 11) is 0. The van der Waals surface area contributed by atoms with Crippen LogP contribution >= 0.6 is 0 Å². The Kier molecular flexibility index (Phi) is 11.9. The standard InChI is InChI=1S/C27H37NO6/c1-19-11-8-9-13-21(29)17-20(2)28-26(33)16-7-5-3-4-6-14-22(30)27-24(32)18-23(31)25(34-27)15-10-12-19/h3-13,15-16,20-25,27,29-32H,14,17-18H2,1-2H3,(H,28,33). The fourth-order valence-corrected chi connectivity index (χ4v) is 3.66. The van der Waals surface area contributed by atoms with Gasteiger partial charge in [-0.3, -0.25) is 4.79 Å². The minimum Gasteiger partial charge on any atom is -0.390 e. The molecular formula is C27H37NO6. The molecule has 7 atom stereocenters. The van der Waals surface area contributed by atoms with Crippen LogP contribution in [0.2, 0.25) is 0 Å². The normalized spacial score (nSPS) is 34.4. The first-order valence-corrected chi connectivity index (χ1v) is 11.6. The molecule has 5 N–H and O–H groups in total. The lowest BCUT2D eigenvalue weighted by Gasteiger charge is -2.38. The minimum atomic E-state index is -0.969. The van der Waals surface area contributed by atoms with E-state index in [9.17, 15) is 25.2 Å². The summed E-state index contributed by atoms with van der Waals surface area (Å²) in [6.07, 6.45) is 18.2. The predicted molar refractivity (Wildman–Crippen MR) is 133 cm³/mol. The Hall–Kier alpha value is -2.55. The molecular weight excluding hydrogens is 434 g/mol. The van der Waals surface area contributed by atoms with Crippen LogP contribution in [0.25, 0.3) is 0 Å². The van der Waals surface area contributed by atoms with Crippen molar-refractivity contribution in [1.82, 2.24) is 5.32 Å². The molecule has 2 bridgehead atoms. The highest BCUT2D eigenvalue weighted by molar-refractivity contribution is 5.87. The molecule has 7 nitrogen and oxygen atoms in total. The van der Waals surface area contributed by atoms with E-state index in [-0.39, 0.29) is 24.8 Å². The van der Waals surface area contributed by atoms with Crippen LogP contribution in [0.15, 0.2) is 84.6 Å². The third-order valence-corrected chi connectivity index (χ3v) is 5.48. The maximum absolute atomic E-state index is 12.0. The Balaban J connectivity index is 2.16. The van der Waals surface area contributed by atoms with Gasteiger partial charge in [0, 0.05) is 18.5 Å². The average Bonchev–Trinajstić information content (AvgIpc) is 2.76. The quantitative estimate of drug-likeness (QED) is 0.369. The summed E-state index contributed by atoms with van der Waals surface area (Å²) in [6.45, 7) is 3.74. The van der Waals surface area contributed by atoms with E-state index < -0.39 is 36.6 Å². The van der Waals surface area contributed by atoms with E-state index in [1.807, 2.05) is 32.1 Å². The van der Waals surface area contributed by atoms with Gasteiger partial charge in [-0.1, -0.05) is 78.5 Å². The zero-order chi connectivity index (χ0) is 24.9. The molecule has 1 saturated heterocycles. The monoisotopic (exact) mass is 471 g/mol. The third kappa shape index (κ3) is 10.2. The zero-order valence-corrected chi connectivity index (χ0v) is 19.8. The van der Waals surface area contributed by atoms with Crippen LogP contribution in [0.1, 0.15) is 33.1 Å². The van der Waals surface area contributed by atoms with Crippen molar-refractivity contribution in [1.29, 1.82) is 0 Å². The summed E-state index contributed by atoms with van der Waals surface area (Å²) in [4.78, 5) is 12.0. The fraction of sp³-hybridized carbons (Fsp3) is 0.444. The van der Waals surface area contributed by atoms with Crippen LogP contribution in [-0.2, 0) is 9.53 Å². The first-order chi connectivity index (χ1) is 16.3. The highest BCUT2D eigenvalue weighted by atomic mass is 16.5. The minimum absolute atomic E-state index is 0.113. The highest BCUT2D eigenvalue weighted by Gasteiger charge is 2.38. The molecule has 7 unspecified atom stereocenters. The summed E-state index contributed by atoms with van der Waals surface area (Å²) in [5.74, 6) is -0.254. The van der Waals surface area contributed by atoms with Crippen LogP contribution in [0.3, 0.4) is 0 Å². The second-order valence-corrected chi connectivity index (χ2v) is 8.66. The molecule has 7 heteroatoms. The van der Waals surface area contributed by atoms with E-state index >= 15 is 0 Å². The molecule has 0 saturated carbocycles. The number of allylic oxidation sites excluding steroid dienone is 10. The van der Waals surface area contributed by atoms with E-state index in [0.29, 0.717) is 6.42 Å². The predicted octanol–water partition coefficient (Wildman–Crippen LogP) is 2.17. The van der Waals surface area contributed by atoms with Crippen molar-refractivity contribution in [3.8, 4) is 0 Å². The molecule has 1 amide bonds. The van der Waals surface area contributed by atoms with Gasteiger partial charge < -0.3 is 30.5 Å². The largest absolute Gasteiger partial charge is 0.390 e. The van der Waals surface area contributed by atoms with Gasteiger partial charge in [0.25, 0.3) is 0 Å². The molecule has 2 aliphatic heterocycles. The number of aliphatic hydroxyl groups is 4. The van der Waals surface area contributed by atoms with E-state index in [1.165, 1.54) is 6.08 Å². The molecule has 2 rings (SSSR count). The Morgan fingerprint density at radius 2 is 1.59 bits per heavy atom.